The van der Waals surface area contributed by atoms with Gasteiger partial charge in [-0.05, 0) is 69.1 Å². The van der Waals surface area contributed by atoms with Crippen LogP contribution in [0.1, 0.15) is 37.4 Å². The molecule has 2 aromatic carbocycles. The third kappa shape index (κ3) is 6.17. The van der Waals surface area contributed by atoms with Gasteiger partial charge in [0.15, 0.2) is 0 Å². The lowest BCUT2D eigenvalue weighted by Gasteiger charge is -2.39. The highest BCUT2D eigenvalue weighted by Crippen LogP contribution is 2.41. The molecule has 0 spiro atoms. The molecule has 0 amide bonds. The van der Waals surface area contributed by atoms with Gasteiger partial charge in [0.2, 0.25) is 0 Å². The van der Waals surface area contributed by atoms with Crippen molar-refractivity contribution in [2.45, 2.75) is 36.7 Å². The fraction of sp³-hybridized carbons (Fsp3) is 0.407. The second kappa shape index (κ2) is 11.9. The van der Waals surface area contributed by atoms with Crippen LogP contribution in [0.25, 0.3) is 10.9 Å². The van der Waals surface area contributed by atoms with Gasteiger partial charge in [0.25, 0.3) is 0 Å². The molecule has 1 saturated heterocycles. The highest BCUT2D eigenvalue weighted by molar-refractivity contribution is 7.99. The Hall–Kier alpha value is -2.46. The fourth-order valence-electron chi connectivity index (χ4n) is 4.86. The number of halogens is 3. The molecule has 3 aromatic rings. The molecule has 0 radical (unpaired) electrons. The summed E-state index contributed by atoms with van der Waals surface area (Å²) in [6, 6.07) is 9.14. The second-order valence-corrected chi connectivity index (χ2v) is 10.8. The normalized spacial score (nSPS) is 16.6. The van der Waals surface area contributed by atoms with E-state index in [-0.39, 0.29) is 17.7 Å². The number of fused-ring (bicyclic) bond motifs is 1. The van der Waals surface area contributed by atoms with Crippen LogP contribution in [0.15, 0.2) is 47.5 Å². The van der Waals surface area contributed by atoms with Crippen molar-refractivity contribution in [2.24, 2.45) is 5.41 Å². The molecule has 0 unspecified atom stereocenters. The highest BCUT2D eigenvalue weighted by atomic mass is 35.5. The van der Waals surface area contributed by atoms with E-state index in [4.69, 9.17) is 16.3 Å². The zero-order valence-electron chi connectivity index (χ0n) is 20.4. The average molecular weight is 551 g/mol. The van der Waals surface area contributed by atoms with Gasteiger partial charge in [-0.2, -0.15) is 0 Å². The van der Waals surface area contributed by atoms with E-state index in [0.717, 1.165) is 11.8 Å². The predicted octanol–water partition coefficient (Wildman–Crippen LogP) is 5.95. The van der Waals surface area contributed by atoms with Gasteiger partial charge in [0.05, 0.1) is 34.1 Å². The standard InChI is InChI=1S/C27H29ClF2N2O4S/c1-36-17-5-6-22-18(15-17)24(19(28)16-31-22)23(33)7-8-27(26(34)35)9-11-32(12-10-27)13-14-37-25-20(29)3-2-4-21(25)30/h2-6,15-16,23,33H,7-14H2,1H3,(H,34,35)/t23-/m1/s1. The number of aliphatic carboxylic acids is 1. The van der Waals surface area contributed by atoms with Crippen LogP contribution in [-0.2, 0) is 4.79 Å². The van der Waals surface area contributed by atoms with Crippen LogP contribution in [0.3, 0.4) is 0 Å². The number of thioether (sulfide) groups is 1. The zero-order chi connectivity index (χ0) is 26.6. The summed E-state index contributed by atoms with van der Waals surface area (Å²) in [6.45, 7) is 1.70. The number of aliphatic hydroxyl groups excluding tert-OH is 1. The molecule has 0 aliphatic carbocycles. The molecule has 2 heterocycles. The Labute approximate surface area is 223 Å². The number of methoxy groups -OCH3 is 1. The Bertz CT molecular complexity index is 1250. The summed E-state index contributed by atoms with van der Waals surface area (Å²) in [5, 5.41) is 22.2. The number of piperidine rings is 1. The molecule has 1 fully saturated rings. The van der Waals surface area contributed by atoms with Crippen molar-refractivity contribution in [3.05, 3.63) is 64.8 Å². The van der Waals surface area contributed by atoms with Gasteiger partial charge in [-0.3, -0.25) is 9.78 Å². The molecule has 0 saturated carbocycles. The number of ether oxygens (including phenoxy) is 1. The number of carbonyl (C=O) groups is 1. The third-order valence-corrected chi connectivity index (χ3v) is 8.50. The van der Waals surface area contributed by atoms with Crippen molar-refractivity contribution in [1.82, 2.24) is 9.88 Å². The van der Waals surface area contributed by atoms with Gasteiger partial charge in [-0.15, -0.1) is 11.8 Å². The van der Waals surface area contributed by atoms with E-state index in [0.29, 0.717) is 65.5 Å². The maximum Gasteiger partial charge on any atom is 0.309 e. The number of aromatic nitrogens is 1. The van der Waals surface area contributed by atoms with Crippen molar-refractivity contribution < 1.29 is 28.5 Å². The maximum absolute atomic E-state index is 13.9. The van der Waals surface area contributed by atoms with E-state index in [1.54, 1.807) is 25.3 Å². The monoisotopic (exact) mass is 550 g/mol. The molecule has 6 nitrogen and oxygen atoms in total. The Balaban J connectivity index is 1.38. The number of likely N-dealkylation sites (tertiary alicyclic amines) is 1. The molecule has 1 atom stereocenters. The summed E-state index contributed by atoms with van der Waals surface area (Å²) in [5.41, 5.74) is 0.213. The minimum absolute atomic E-state index is 0.00768. The van der Waals surface area contributed by atoms with Crippen LogP contribution in [0.5, 0.6) is 5.75 Å². The van der Waals surface area contributed by atoms with Crippen molar-refractivity contribution in [1.29, 1.82) is 0 Å². The Morgan fingerprint density at radius 3 is 2.59 bits per heavy atom. The number of rotatable bonds is 10. The van der Waals surface area contributed by atoms with Gasteiger partial charge in [0.1, 0.15) is 17.4 Å². The first-order valence-electron chi connectivity index (χ1n) is 12.1. The molecule has 0 bridgehead atoms. The van der Waals surface area contributed by atoms with Gasteiger partial charge in [0, 0.05) is 29.4 Å². The number of benzene rings is 2. The van der Waals surface area contributed by atoms with Gasteiger partial charge >= 0.3 is 5.97 Å². The van der Waals surface area contributed by atoms with E-state index in [1.165, 1.54) is 24.4 Å². The SMILES string of the molecule is COc1ccc2ncc(Cl)c([C@H](O)CCC3(C(=O)O)CCN(CCSc4c(F)cccc4F)CC3)c2c1. The second-order valence-electron chi connectivity index (χ2n) is 9.28. The van der Waals surface area contributed by atoms with Crippen molar-refractivity contribution in [3.8, 4) is 5.75 Å². The summed E-state index contributed by atoms with van der Waals surface area (Å²) < 4.78 is 33.0. The molecule has 1 aromatic heterocycles. The zero-order valence-corrected chi connectivity index (χ0v) is 22.0. The van der Waals surface area contributed by atoms with Crippen LogP contribution >= 0.6 is 23.4 Å². The number of carboxylic acids is 1. The molecule has 10 heteroatoms. The Morgan fingerprint density at radius 2 is 1.95 bits per heavy atom. The first kappa shape index (κ1) is 27.6. The largest absolute Gasteiger partial charge is 0.497 e. The quantitative estimate of drug-likeness (QED) is 0.302. The molecular formula is C27H29ClF2N2O4S. The summed E-state index contributed by atoms with van der Waals surface area (Å²) in [7, 11) is 1.55. The summed E-state index contributed by atoms with van der Waals surface area (Å²) in [4.78, 5) is 18.8. The van der Waals surface area contributed by atoms with Crippen LogP contribution in [0, 0.1) is 17.0 Å². The van der Waals surface area contributed by atoms with Crippen LogP contribution in [0.4, 0.5) is 8.78 Å². The fourth-order valence-corrected chi connectivity index (χ4v) is 6.11. The van der Waals surface area contributed by atoms with Crippen LogP contribution in [0.2, 0.25) is 5.02 Å². The van der Waals surface area contributed by atoms with Crippen molar-refractivity contribution in [2.75, 3.05) is 32.5 Å². The number of carboxylic acid groups (broad SMARTS) is 1. The molecule has 37 heavy (non-hydrogen) atoms. The Morgan fingerprint density at radius 1 is 1.24 bits per heavy atom. The minimum Gasteiger partial charge on any atom is -0.497 e. The Kier molecular flexibility index (Phi) is 8.90. The van der Waals surface area contributed by atoms with Gasteiger partial charge < -0.3 is 19.8 Å². The van der Waals surface area contributed by atoms with Crippen LogP contribution < -0.4 is 4.74 Å². The molecule has 198 valence electrons. The van der Waals surface area contributed by atoms with E-state index in [2.05, 4.69) is 9.88 Å². The van der Waals surface area contributed by atoms with Gasteiger partial charge in [-0.25, -0.2) is 8.78 Å². The number of pyridine rings is 1. The van der Waals surface area contributed by atoms with E-state index >= 15 is 0 Å². The minimum atomic E-state index is -0.966. The summed E-state index contributed by atoms with van der Waals surface area (Å²) >= 11 is 7.53. The van der Waals surface area contributed by atoms with Gasteiger partial charge in [-0.1, -0.05) is 17.7 Å². The van der Waals surface area contributed by atoms with Crippen molar-refractivity contribution in [3.63, 3.8) is 0 Å². The topological polar surface area (TPSA) is 82.9 Å². The van der Waals surface area contributed by atoms with Crippen molar-refractivity contribution >= 4 is 40.2 Å². The highest BCUT2D eigenvalue weighted by Gasteiger charge is 2.41. The summed E-state index contributed by atoms with van der Waals surface area (Å²) in [5.74, 6) is -0.932. The predicted molar refractivity (Wildman–Crippen MR) is 140 cm³/mol. The number of hydrogen-bond donors (Lipinski definition) is 2. The lowest BCUT2D eigenvalue weighted by Crippen LogP contribution is -2.45. The lowest BCUT2D eigenvalue weighted by atomic mass is 9.74. The van der Waals surface area contributed by atoms with E-state index < -0.39 is 29.1 Å². The first-order valence-corrected chi connectivity index (χ1v) is 13.4. The maximum atomic E-state index is 13.9. The lowest BCUT2D eigenvalue weighted by molar-refractivity contribution is -0.153. The first-order chi connectivity index (χ1) is 17.7. The number of aliphatic hydroxyl groups is 1. The summed E-state index contributed by atoms with van der Waals surface area (Å²) in [6.07, 6.45) is 1.89. The number of hydrogen-bond acceptors (Lipinski definition) is 6. The molecule has 1 aliphatic rings. The van der Waals surface area contributed by atoms with E-state index in [9.17, 15) is 23.8 Å². The molecular weight excluding hydrogens is 522 g/mol. The average Bonchev–Trinajstić information content (AvgIpc) is 2.89. The smallest absolute Gasteiger partial charge is 0.309 e. The van der Waals surface area contributed by atoms with E-state index in [1.807, 2.05) is 0 Å². The molecule has 4 rings (SSSR count). The van der Waals surface area contributed by atoms with Crippen LogP contribution in [-0.4, -0.2) is 58.6 Å². The molecule has 2 N–H and O–H groups in total. The number of nitrogens with zero attached hydrogens (tertiary/aromatic N) is 2. The third-order valence-electron chi connectivity index (χ3n) is 7.14. The molecule has 1 aliphatic heterocycles.